The van der Waals surface area contributed by atoms with Crippen molar-refractivity contribution in [3.05, 3.63) is 0 Å². The van der Waals surface area contributed by atoms with Gasteiger partial charge in [0.15, 0.2) is 0 Å². The van der Waals surface area contributed by atoms with Gasteiger partial charge in [0.2, 0.25) is 5.91 Å². The number of amides is 1. The van der Waals surface area contributed by atoms with E-state index >= 15 is 0 Å². The lowest BCUT2D eigenvalue weighted by Crippen LogP contribution is -2.45. The number of esters is 1. The molecule has 1 N–H and O–H groups in total. The summed E-state index contributed by atoms with van der Waals surface area (Å²) in [6.07, 6.45) is -5.33. The zero-order valence-electron chi connectivity index (χ0n) is 9.72. The van der Waals surface area contributed by atoms with Crippen molar-refractivity contribution < 1.29 is 27.5 Å². The maximum absolute atomic E-state index is 12.6. The molecule has 1 aliphatic rings. The molecule has 2 atom stereocenters. The van der Waals surface area contributed by atoms with Crippen LogP contribution in [0.5, 0.6) is 0 Å². The number of carbonyl (C=O) groups is 2. The number of rotatable bonds is 1. The smallest absolute Gasteiger partial charge is 0.394 e. The van der Waals surface area contributed by atoms with Crippen molar-refractivity contribution >= 4 is 11.9 Å². The SMILES string of the molecule is CC(C)(C)OC(=O)[C@H]1NC(=O)C[C@@H]1C(F)(F)F. The molecule has 0 unspecified atom stereocenters. The second kappa shape index (κ2) is 4.19. The number of alkyl halides is 3. The predicted octanol–water partition coefficient (Wildman–Crippen LogP) is 1.40. The van der Waals surface area contributed by atoms with Crippen molar-refractivity contribution in [3.63, 3.8) is 0 Å². The molecule has 7 heteroatoms. The Morgan fingerprint density at radius 1 is 1.35 bits per heavy atom. The summed E-state index contributed by atoms with van der Waals surface area (Å²) in [5, 5.41) is 2.00. The lowest BCUT2D eigenvalue weighted by atomic mass is 10.00. The minimum Gasteiger partial charge on any atom is -0.458 e. The molecule has 0 saturated carbocycles. The average molecular weight is 253 g/mol. The van der Waals surface area contributed by atoms with Crippen molar-refractivity contribution in [2.75, 3.05) is 0 Å². The van der Waals surface area contributed by atoms with Gasteiger partial charge in [0, 0.05) is 6.42 Å². The molecule has 17 heavy (non-hydrogen) atoms. The molecule has 0 spiro atoms. The van der Waals surface area contributed by atoms with Gasteiger partial charge < -0.3 is 10.1 Å². The van der Waals surface area contributed by atoms with Gasteiger partial charge in [0.1, 0.15) is 11.6 Å². The molecule has 1 fully saturated rings. The summed E-state index contributed by atoms with van der Waals surface area (Å²) in [7, 11) is 0. The van der Waals surface area contributed by atoms with E-state index in [0.717, 1.165) is 0 Å². The molecule has 0 aromatic rings. The third kappa shape index (κ3) is 3.61. The molecule has 0 aromatic heterocycles. The van der Waals surface area contributed by atoms with Crippen molar-refractivity contribution in [1.29, 1.82) is 0 Å². The third-order valence-electron chi connectivity index (χ3n) is 2.21. The van der Waals surface area contributed by atoms with Gasteiger partial charge >= 0.3 is 12.1 Å². The van der Waals surface area contributed by atoms with E-state index in [1.54, 1.807) is 20.8 Å². The molecule has 1 amide bonds. The molecule has 0 bridgehead atoms. The lowest BCUT2D eigenvalue weighted by molar-refractivity contribution is -0.190. The van der Waals surface area contributed by atoms with Crippen LogP contribution in [0, 0.1) is 5.92 Å². The monoisotopic (exact) mass is 253 g/mol. The van der Waals surface area contributed by atoms with Gasteiger partial charge in [-0.25, -0.2) is 4.79 Å². The molecule has 1 rings (SSSR count). The Balaban J connectivity index is 2.81. The van der Waals surface area contributed by atoms with E-state index in [1.807, 2.05) is 5.32 Å². The highest BCUT2D eigenvalue weighted by atomic mass is 19.4. The van der Waals surface area contributed by atoms with E-state index < -0.39 is 42.0 Å². The first-order chi connectivity index (χ1) is 7.50. The van der Waals surface area contributed by atoms with Gasteiger partial charge in [-0.15, -0.1) is 0 Å². The van der Waals surface area contributed by atoms with Gasteiger partial charge in [-0.1, -0.05) is 0 Å². The van der Waals surface area contributed by atoms with Crippen LogP contribution in [0.15, 0.2) is 0 Å². The van der Waals surface area contributed by atoms with Crippen molar-refractivity contribution in [2.24, 2.45) is 5.92 Å². The fourth-order valence-electron chi connectivity index (χ4n) is 1.54. The minimum atomic E-state index is -4.60. The van der Waals surface area contributed by atoms with Crippen molar-refractivity contribution in [3.8, 4) is 0 Å². The first kappa shape index (κ1) is 13.8. The van der Waals surface area contributed by atoms with E-state index in [-0.39, 0.29) is 0 Å². The van der Waals surface area contributed by atoms with Crippen LogP contribution in [-0.4, -0.2) is 29.7 Å². The quantitative estimate of drug-likeness (QED) is 0.718. The molecule has 0 aliphatic carbocycles. The van der Waals surface area contributed by atoms with Crippen LogP contribution in [0.2, 0.25) is 0 Å². The molecule has 0 radical (unpaired) electrons. The summed E-state index contributed by atoms with van der Waals surface area (Å²) in [4.78, 5) is 22.5. The van der Waals surface area contributed by atoms with Crippen LogP contribution >= 0.6 is 0 Å². The first-order valence-corrected chi connectivity index (χ1v) is 5.09. The Morgan fingerprint density at radius 3 is 2.29 bits per heavy atom. The van der Waals surface area contributed by atoms with Gasteiger partial charge in [-0.2, -0.15) is 13.2 Å². The summed E-state index contributed by atoms with van der Waals surface area (Å²) in [6.45, 7) is 4.64. The Bertz CT molecular complexity index is 333. The molecule has 1 aliphatic heterocycles. The molecule has 1 saturated heterocycles. The second-order valence-electron chi connectivity index (χ2n) is 4.93. The molecule has 98 valence electrons. The number of ether oxygens (including phenoxy) is 1. The summed E-state index contributed by atoms with van der Waals surface area (Å²) in [5.41, 5.74) is -0.888. The Morgan fingerprint density at radius 2 is 1.88 bits per heavy atom. The first-order valence-electron chi connectivity index (χ1n) is 5.09. The standard InChI is InChI=1S/C10H14F3NO3/c1-9(2,3)17-8(16)7-5(10(11,12)13)4-6(15)14-7/h5,7H,4H2,1-3H3,(H,14,15)/t5-,7-/m0/s1. The molecular weight excluding hydrogens is 239 g/mol. The van der Waals surface area contributed by atoms with Crippen molar-refractivity contribution in [2.45, 2.75) is 45.0 Å². The fraction of sp³-hybridized carbons (Fsp3) is 0.800. The fourth-order valence-corrected chi connectivity index (χ4v) is 1.54. The summed E-state index contributed by atoms with van der Waals surface area (Å²) >= 11 is 0. The zero-order valence-corrected chi connectivity index (χ0v) is 9.72. The maximum atomic E-state index is 12.6. The molecule has 1 heterocycles. The Labute approximate surface area is 96.5 Å². The second-order valence-corrected chi connectivity index (χ2v) is 4.93. The highest BCUT2D eigenvalue weighted by Crippen LogP contribution is 2.35. The van der Waals surface area contributed by atoms with Crippen LogP contribution < -0.4 is 5.32 Å². The van der Waals surface area contributed by atoms with Crippen LogP contribution in [0.1, 0.15) is 27.2 Å². The maximum Gasteiger partial charge on any atom is 0.394 e. The van der Waals surface area contributed by atoms with Crippen LogP contribution in [0.25, 0.3) is 0 Å². The van der Waals surface area contributed by atoms with Crippen LogP contribution in [-0.2, 0) is 14.3 Å². The highest BCUT2D eigenvalue weighted by molar-refractivity contribution is 5.89. The number of nitrogens with one attached hydrogen (secondary N) is 1. The largest absolute Gasteiger partial charge is 0.458 e. The van der Waals surface area contributed by atoms with Gasteiger partial charge in [0.05, 0.1) is 5.92 Å². The summed E-state index contributed by atoms with van der Waals surface area (Å²) < 4.78 is 42.6. The van der Waals surface area contributed by atoms with E-state index in [0.29, 0.717) is 0 Å². The van der Waals surface area contributed by atoms with E-state index in [2.05, 4.69) is 0 Å². The normalized spacial score (nSPS) is 25.6. The van der Waals surface area contributed by atoms with Crippen molar-refractivity contribution in [1.82, 2.24) is 5.32 Å². The number of hydrogen-bond donors (Lipinski definition) is 1. The predicted molar refractivity (Wildman–Crippen MR) is 51.9 cm³/mol. The number of hydrogen-bond acceptors (Lipinski definition) is 3. The van der Waals surface area contributed by atoms with E-state index in [1.165, 1.54) is 0 Å². The number of halogens is 3. The van der Waals surface area contributed by atoms with E-state index in [4.69, 9.17) is 4.74 Å². The van der Waals surface area contributed by atoms with Crippen LogP contribution in [0.4, 0.5) is 13.2 Å². The Hall–Kier alpha value is -1.27. The molecule has 0 aromatic carbocycles. The van der Waals surface area contributed by atoms with Gasteiger partial charge in [-0.3, -0.25) is 4.79 Å². The highest BCUT2D eigenvalue weighted by Gasteiger charge is 2.53. The minimum absolute atomic E-state index is 0.729. The Kier molecular flexibility index (Phi) is 3.40. The van der Waals surface area contributed by atoms with E-state index in [9.17, 15) is 22.8 Å². The molecule has 4 nitrogen and oxygen atoms in total. The lowest BCUT2D eigenvalue weighted by Gasteiger charge is -2.25. The average Bonchev–Trinajstić information content (AvgIpc) is 2.43. The third-order valence-corrected chi connectivity index (χ3v) is 2.21. The van der Waals surface area contributed by atoms with Crippen LogP contribution in [0.3, 0.4) is 0 Å². The molecular formula is C10H14F3NO3. The van der Waals surface area contributed by atoms with Gasteiger partial charge in [0.25, 0.3) is 0 Å². The van der Waals surface area contributed by atoms with Gasteiger partial charge in [-0.05, 0) is 20.8 Å². The number of carbonyl (C=O) groups excluding carboxylic acids is 2. The summed E-state index contributed by atoms with van der Waals surface area (Å²) in [5.74, 6) is -3.85. The summed E-state index contributed by atoms with van der Waals surface area (Å²) in [6, 6.07) is -1.64. The topological polar surface area (TPSA) is 55.4 Å². The zero-order chi connectivity index (χ0) is 13.4.